The molecule has 0 aliphatic rings. The second-order valence-corrected chi connectivity index (χ2v) is 2.93. The van der Waals surface area contributed by atoms with Gasteiger partial charge in [0.1, 0.15) is 0 Å². The molecule has 0 aromatic rings. The monoisotopic (exact) mass is 174 g/mol. The molecule has 0 unspecified atom stereocenters. The first-order valence-corrected chi connectivity index (χ1v) is 3.71. The van der Waals surface area contributed by atoms with Gasteiger partial charge in [-0.1, -0.05) is 13.8 Å². The number of urea groups is 1. The zero-order valence-corrected chi connectivity index (χ0v) is 7.20. The van der Waals surface area contributed by atoms with E-state index in [1.807, 2.05) is 0 Å². The Hall–Kier alpha value is -1.26. The van der Waals surface area contributed by atoms with Gasteiger partial charge in [0.25, 0.3) is 0 Å². The van der Waals surface area contributed by atoms with Gasteiger partial charge in [-0.3, -0.25) is 4.79 Å². The molecular formula is C7H14N2O3. The molecule has 0 aliphatic carbocycles. The Morgan fingerprint density at radius 3 is 2.25 bits per heavy atom. The summed E-state index contributed by atoms with van der Waals surface area (Å²) < 4.78 is 0. The topological polar surface area (TPSA) is 92.4 Å². The summed E-state index contributed by atoms with van der Waals surface area (Å²) in [6.45, 7) is 3.64. The molecule has 4 N–H and O–H groups in total. The maximum absolute atomic E-state index is 10.6. The smallest absolute Gasteiger partial charge is 0.312 e. The number of hydrogen-bond acceptors (Lipinski definition) is 2. The van der Waals surface area contributed by atoms with Gasteiger partial charge in [-0.05, 0) is 5.92 Å². The van der Waals surface area contributed by atoms with Crippen molar-refractivity contribution in [1.82, 2.24) is 5.32 Å². The number of hydrogen-bond donors (Lipinski definition) is 3. The number of rotatable bonds is 4. The number of nitrogens with two attached hydrogens (primary N) is 1. The number of amides is 2. The van der Waals surface area contributed by atoms with E-state index in [0.717, 1.165) is 0 Å². The summed E-state index contributed by atoms with van der Waals surface area (Å²) in [7, 11) is 0. The highest BCUT2D eigenvalue weighted by Gasteiger charge is 2.21. The van der Waals surface area contributed by atoms with Gasteiger partial charge in [-0.15, -0.1) is 0 Å². The lowest BCUT2D eigenvalue weighted by Gasteiger charge is -2.15. The standard InChI is InChI=1S/C7H14N2O3/c1-4(2)5(6(10)11)3-9-7(8)12/h4-5H,3H2,1-2H3,(H,10,11)(H3,8,9,12)/t5-/m1/s1. The van der Waals surface area contributed by atoms with Crippen LogP contribution < -0.4 is 11.1 Å². The van der Waals surface area contributed by atoms with E-state index >= 15 is 0 Å². The Labute approximate surface area is 70.9 Å². The van der Waals surface area contributed by atoms with E-state index in [4.69, 9.17) is 10.8 Å². The minimum Gasteiger partial charge on any atom is -0.481 e. The van der Waals surface area contributed by atoms with Crippen LogP contribution in [0.25, 0.3) is 0 Å². The predicted octanol–water partition coefficient (Wildman–Crippen LogP) is 0.0115. The van der Waals surface area contributed by atoms with Crippen LogP contribution in [-0.2, 0) is 4.79 Å². The maximum Gasteiger partial charge on any atom is 0.312 e. The Kier molecular flexibility index (Phi) is 4.10. The molecule has 0 bridgehead atoms. The fourth-order valence-corrected chi connectivity index (χ4v) is 0.819. The van der Waals surface area contributed by atoms with Crippen LogP contribution in [0, 0.1) is 11.8 Å². The van der Waals surface area contributed by atoms with Crippen molar-refractivity contribution in [3.05, 3.63) is 0 Å². The van der Waals surface area contributed by atoms with Gasteiger partial charge >= 0.3 is 12.0 Å². The van der Waals surface area contributed by atoms with Gasteiger partial charge in [0, 0.05) is 6.54 Å². The van der Waals surface area contributed by atoms with Crippen LogP contribution >= 0.6 is 0 Å². The van der Waals surface area contributed by atoms with Crippen molar-refractivity contribution in [1.29, 1.82) is 0 Å². The van der Waals surface area contributed by atoms with Crippen LogP contribution in [0.3, 0.4) is 0 Å². The Morgan fingerprint density at radius 2 is 2.00 bits per heavy atom. The third-order valence-electron chi connectivity index (χ3n) is 1.62. The van der Waals surface area contributed by atoms with E-state index in [1.165, 1.54) is 0 Å². The predicted molar refractivity (Wildman–Crippen MR) is 43.5 cm³/mol. The molecular weight excluding hydrogens is 160 g/mol. The first kappa shape index (κ1) is 10.7. The normalized spacial score (nSPS) is 12.6. The van der Waals surface area contributed by atoms with Gasteiger partial charge < -0.3 is 16.2 Å². The lowest BCUT2D eigenvalue weighted by Crippen LogP contribution is -2.38. The quantitative estimate of drug-likeness (QED) is 0.560. The fourth-order valence-electron chi connectivity index (χ4n) is 0.819. The highest BCUT2D eigenvalue weighted by molar-refractivity contribution is 5.74. The molecule has 0 saturated carbocycles. The van der Waals surface area contributed by atoms with Crippen LogP contribution in [0.15, 0.2) is 0 Å². The largest absolute Gasteiger partial charge is 0.481 e. The number of carboxylic acids is 1. The summed E-state index contributed by atoms with van der Waals surface area (Å²) in [5, 5.41) is 10.9. The van der Waals surface area contributed by atoms with Crippen LogP contribution in [0.2, 0.25) is 0 Å². The third-order valence-corrected chi connectivity index (χ3v) is 1.62. The Morgan fingerprint density at radius 1 is 1.50 bits per heavy atom. The van der Waals surface area contributed by atoms with Gasteiger partial charge in [0.15, 0.2) is 0 Å². The highest BCUT2D eigenvalue weighted by atomic mass is 16.4. The van der Waals surface area contributed by atoms with Gasteiger partial charge in [-0.25, -0.2) is 4.79 Å². The van der Waals surface area contributed by atoms with Crippen molar-refractivity contribution in [3.8, 4) is 0 Å². The van der Waals surface area contributed by atoms with Crippen molar-refractivity contribution < 1.29 is 14.7 Å². The molecule has 0 aromatic heterocycles. The first-order chi connectivity index (χ1) is 5.45. The molecule has 0 radical (unpaired) electrons. The first-order valence-electron chi connectivity index (χ1n) is 3.71. The van der Waals surface area contributed by atoms with Crippen LogP contribution in [0.1, 0.15) is 13.8 Å². The molecule has 5 heteroatoms. The Bertz CT molecular complexity index is 179. The summed E-state index contributed by atoms with van der Waals surface area (Å²) in [5.74, 6) is -1.51. The summed E-state index contributed by atoms with van der Waals surface area (Å²) in [5.41, 5.74) is 4.80. The van der Waals surface area contributed by atoms with Crippen molar-refractivity contribution in [2.75, 3.05) is 6.54 Å². The van der Waals surface area contributed by atoms with Crippen molar-refractivity contribution >= 4 is 12.0 Å². The summed E-state index contributed by atoms with van der Waals surface area (Å²) in [6.07, 6.45) is 0. The van der Waals surface area contributed by atoms with Crippen molar-refractivity contribution in [2.45, 2.75) is 13.8 Å². The fraction of sp³-hybridized carbons (Fsp3) is 0.714. The number of carbonyl (C=O) groups is 2. The molecule has 0 fully saturated rings. The van der Waals surface area contributed by atoms with E-state index in [9.17, 15) is 9.59 Å². The highest BCUT2D eigenvalue weighted by Crippen LogP contribution is 2.09. The molecule has 12 heavy (non-hydrogen) atoms. The molecule has 0 heterocycles. The van der Waals surface area contributed by atoms with E-state index in [0.29, 0.717) is 0 Å². The van der Waals surface area contributed by atoms with Crippen LogP contribution in [0.5, 0.6) is 0 Å². The average molecular weight is 174 g/mol. The van der Waals surface area contributed by atoms with Crippen LogP contribution in [0.4, 0.5) is 4.79 Å². The lowest BCUT2D eigenvalue weighted by atomic mass is 9.96. The molecule has 0 aromatic carbocycles. The zero-order valence-electron chi connectivity index (χ0n) is 7.20. The average Bonchev–Trinajstić information content (AvgIpc) is 1.84. The van der Waals surface area contributed by atoms with Gasteiger partial charge in [-0.2, -0.15) is 0 Å². The SMILES string of the molecule is CC(C)[C@@H](CNC(N)=O)C(=O)O. The third kappa shape index (κ3) is 3.80. The number of carboxylic acid groups (broad SMARTS) is 1. The van der Waals surface area contributed by atoms with Crippen molar-refractivity contribution in [3.63, 3.8) is 0 Å². The lowest BCUT2D eigenvalue weighted by molar-refractivity contribution is -0.142. The minimum atomic E-state index is -0.918. The Balaban J connectivity index is 3.97. The van der Waals surface area contributed by atoms with E-state index < -0.39 is 17.9 Å². The van der Waals surface area contributed by atoms with Crippen LogP contribution in [-0.4, -0.2) is 23.7 Å². The van der Waals surface area contributed by atoms with E-state index in [2.05, 4.69) is 5.32 Å². The van der Waals surface area contributed by atoms with E-state index in [-0.39, 0.29) is 12.5 Å². The number of nitrogens with one attached hydrogen (secondary N) is 1. The molecule has 0 saturated heterocycles. The molecule has 2 amide bonds. The molecule has 0 aliphatic heterocycles. The van der Waals surface area contributed by atoms with Gasteiger partial charge in [0.2, 0.25) is 0 Å². The van der Waals surface area contributed by atoms with Crippen molar-refractivity contribution in [2.24, 2.45) is 17.6 Å². The summed E-state index contributed by atoms with van der Waals surface area (Å²) in [6, 6.07) is -0.693. The zero-order chi connectivity index (χ0) is 9.72. The maximum atomic E-state index is 10.6. The molecule has 70 valence electrons. The number of primary amides is 1. The second kappa shape index (κ2) is 4.58. The molecule has 1 atom stereocenters. The van der Waals surface area contributed by atoms with E-state index in [1.54, 1.807) is 13.8 Å². The number of carbonyl (C=O) groups excluding carboxylic acids is 1. The molecule has 0 spiro atoms. The minimum absolute atomic E-state index is 0.0191. The second-order valence-electron chi connectivity index (χ2n) is 2.93. The van der Waals surface area contributed by atoms with Gasteiger partial charge in [0.05, 0.1) is 5.92 Å². The summed E-state index contributed by atoms with van der Waals surface area (Å²) >= 11 is 0. The number of aliphatic carboxylic acids is 1. The molecule has 5 nitrogen and oxygen atoms in total. The molecule has 0 rings (SSSR count). The summed E-state index contributed by atoms with van der Waals surface area (Å²) in [4.78, 5) is 20.8.